The highest BCUT2D eigenvalue weighted by molar-refractivity contribution is 7.10. The molecule has 0 saturated carbocycles. The summed E-state index contributed by atoms with van der Waals surface area (Å²) in [5, 5.41) is 3.18. The maximum atomic E-state index is 6.43. The smallest absolute Gasteiger partial charge is 0.113 e. The topological polar surface area (TPSA) is 38.9 Å². The second-order valence-electron chi connectivity index (χ2n) is 5.22. The van der Waals surface area contributed by atoms with E-state index in [9.17, 15) is 0 Å². The number of aromatic nitrogens is 1. The Balaban J connectivity index is 2.44. The van der Waals surface area contributed by atoms with Crippen LogP contribution in [0.5, 0.6) is 0 Å². The molecule has 0 spiro atoms. The van der Waals surface area contributed by atoms with Crippen molar-refractivity contribution in [1.82, 2.24) is 4.98 Å². The molecule has 0 unspecified atom stereocenters. The maximum absolute atomic E-state index is 6.43. The van der Waals surface area contributed by atoms with E-state index in [0.717, 1.165) is 23.5 Å². The van der Waals surface area contributed by atoms with Crippen molar-refractivity contribution in [2.75, 3.05) is 0 Å². The molecule has 0 aliphatic rings. The van der Waals surface area contributed by atoms with E-state index in [1.807, 2.05) is 0 Å². The van der Waals surface area contributed by atoms with Crippen LogP contribution in [0.15, 0.2) is 23.6 Å². The molecule has 0 fully saturated rings. The van der Waals surface area contributed by atoms with Crippen LogP contribution in [0, 0.1) is 13.8 Å². The molecule has 0 bridgehead atoms. The number of aryl methyl sites for hydroxylation is 2. The average molecular weight is 274 g/mol. The predicted molar refractivity (Wildman–Crippen MR) is 83.5 cm³/mol. The van der Waals surface area contributed by atoms with Crippen LogP contribution in [0.2, 0.25) is 0 Å². The Morgan fingerprint density at radius 2 is 1.89 bits per heavy atom. The fraction of sp³-hybridized carbons (Fsp3) is 0.438. The van der Waals surface area contributed by atoms with Crippen molar-refractivity contribution in [3.8, 4) is 11.3 Å². The number of thiazole rings is 1. The highest BCUT2D eigenvalue weighted by Gasteiger charge is 2.26. The Labute approximate surface area is 119 Å². The lowest BCUT2D eigenvalue weighted by atomic mass is 9.95. The summed E-state index contributed by atoms with van der Waals surface area (Å²) in [6.07, 6.45) is 1.84. The van der Waals surface area contributed by atoms with E-state index >= 15 is 0 Å². The molecule has 0 radical (unpaired) electrons. The molecule has 2 aromatic rings. The van der Waals surface area contributed by atoms with Gasteiger partial charge in [-0.3, -0.25) is 0 Å². The van der Waals surface area contributed by atoms with Gasteiger partial charge in [0.15, 0.2) is 0 Å². The van der Waals surface area contributed by atoms with Crippen molar-refractivity contribution in [3.05, 3.63) is 39.7 Å². The van der Waals surface area contributed by atoms with E-state index in [0.29, 0.717) is 0 Å². The Bertz CT molecular complexity index is 568. The van der Waals surface area contributed by atoms with Gasteiger partial charge >= 0.3 is 0 Å². The van der Waals surface area contributed by atoms with E-state index in [1.165, 1.54) is 16.7 Å². The molecule has 0 amide bonds. The van der Waals surface area contributed by atoms with Crippen LogP contribution in [-0.4, -0.2) is 4.98 Å². The number of hydrogen-bond acceptors (Lipinski definition) is 3. The van der Waals surface area contributed by atoms with E-state index in [4.69, 9.17) is 10.7 Å². The van der Waals surface area contributed by atoms with Gasteiger partial charge in [-0.1, -0.05) is 31.5 Å². The molecular weight excluding hydrogens is 252 g/mol. The Morgan fingerprint density at radius 1 is 1.21 bits per heavy atom. The van der Waals surface area contributed by atoms with Crippen LogP contribution in [-0.2, 0) is 5.54 Å². The number of benzene rings is 1. The van der Waals surface area contributed by atoms with E-state index in [1.54, 1.807) is 11.3 Å². The summed E-state index contributed by atoms with van der Waals surface area (Å²) in [7, 11) is 0. The highest BCUT2D eigenvalue weighted by Crippen LogP contribution is 2.33. The van der Waals surface area contributed by atoms with Crippen molar-refractivity contribution in [2.24, 2.45) is 5.73 Å². The summed E-state index contributed by atoms with van der Waals surface area (Å²) in [6.45, 7) is 8.50. The first-order valence-corrected chi connectivity index (χ1v) is 7.70. The van der Waals surface area contributed by atoms with Gasteiger partial charge < -0.3 is 5.73 Å². The van der Waals surface area contributed by atoms with Crippen molar-refractivity contribution < 1.29 is 0 Å². The second kappa shape index (κ2) is 5.43. The van der Waals surface area contributed by atoms with E-state index in [-0.39, 0.29) is 5.54 Å². The van der Waals surface area contributed by atoms with Crippen LogP contribution in [0.3, 0.4) is 0 Å². The van der Waals surface area contributed by atoms with Crippen molar-refractivity contribution >= 4 is 11.3 Å². The molecular formula is C16H22N2S. The van der Waals surface area contributed by atoms with Crippen molar-refractivity contribution in [3.63, 3.8) is 0 Å². The van der Waals surface area contributed by atoms with Gasteiger partial charge in [-0.25, -0.2) is 4.98 Å². The molecule has 0 aliphatic heterocycles. The monoisotopic (exact) mass is 274 g/mol. The lowest BCUT2D eigenvalue weighted by molar-refractivity contribution is 0.411. The highest BCUT2D eigenvalue weighted by atomic mass is 32.1. The summed E-state index contributed by atoms with van der Waals surface area (Å²) in [4.78, 5) is 4.79. The third-order valence-corrected chi connectivity index (χ3v) is 4.92. The normalized spacial score (nSPS) is 11.8. The third kappa shape index (κ3) is 2.72. The molecule has 19 heavy (non-hydrogen) atoms. The minimum absolute atomic E-state index is 0.277. The fourth-order valence-corrected chi connectivity index (χ4v) is 3.27. The quantitative estimate of drug-likeness (QED) is 0.897. The molecule has 2 N–H and O–H groups in total. The van der Waals surface area contributed by atoms with Gasteiger partial charge in [0.25, 0.3) is 0 Å². The first kappa shape index (κ1) is 14.2. The minimum atomic E-state index is -0.277. The molecule has 0 saturated heterocycles. The SMILES string of the molecule is CCC(N)(CC)c1nc(-c2cc(C)ccc2C)cs1. The zero-order chi connectivity index (χ0) is 14.0. The first-order chi connectivity index (χ1) is 9.00. The lowest BCUT2D eigenvalue weighted by Gasteiger charge is -2.23. The summed E-state index contributed by atoms with van der Waals surface area (Å²) in [6, 6.07) is 6.49. The minimum Gasteiger partial charge on any atom is -0.319 e. The maximum Gasteiger partial charge on any atom is 0.113 e. The number of rotatable bonds is 4. The zero-order valence-electron chi connectivity index (χ0n) is 12.2. The van der Waals surface area contributed by atoms with Crippen LogP contribution < -0.4 is 5.73 Å². The molecule has 1 aromatic heterocycles. The molecule has 0 aliphatic carbocycles. The van der Waals surface area contributed by atoms with Gasteiger partial charge in [0, 0.05) is 10.9 Å². The van der Waals surface area contributed by atoms with Crippen LogP contribution in [0.4, 0.5) is 0 Å². The zero-order valence-corrected chi connectivity index (χ0v) is 13.0. The number of nitrogens with zero attached hydrogens (tertiary/aromatic N) is 1. The van der Waals surface area contributed by atoms with Gasteiger partial charge in [-0.2, -0.15) is 0 Å². The molecule has 2 nitrogen and oxygen atoms in total. The second-order valence-corrected chi connectivity index (χ2v) is 6.08. The summed E-state index contributed by atoms with van der Waals surface area (Å²) < 4.78 is 0. The van der Waals surface area contributed by atoms with Crippen molar-refractivity contribution in [2.45, 2.75) is 46.1 Å². The van der Waals surface area contributed by atoms with Crippen LogP contribution >= 0.6 is 11.3 Å². The predicted octanol–water partition coefficient (Wildman–Crippen LogP) is 4.40. The summed E-state index contributed by atoms with van der Waals surface area (Å²) in [5.41, 5.74) is 10.9. The standard InChI is InChI=1S/C16H22N2S/c1-5-16(17,6-2)15-18-14(10-19-15)13-9-11(3)7-8-12(13)4/h7-10H,5-6,17H2,1-4H3. The van der Waals surface area contributed by atoms with Gasteiger partial charge in [0.2, 0.25) is 0 Å². The van der Waals surface area contributed by atoms with Crippen molar-refractivity contribution in [1.29, 1.82) is 0 Å². The number of nitrogens with two attached hydrogens (primary N) is 1. The van der Waals surface area contributed by atoms with Crippen LogP contribution in [0.25, 0.3) is 11.3 Å². The van der Waals surface area contributed by atoms with E-state index < -0.39 is 0 Å². The first-order valence-electron chi connectivity index (χ1n) is 6.82. The van der Waals surface area contributed by atoms with Gasteiger partial charge in [0.05, 0.1) is 11.2 Å². The molecule has 2 rings (SSSR count). The van der Waals surface area contributed by atoms with Crippen LogP contribution in [0.1, 0.15) is 42.8 Å². The Hall–Kier alpha value is -1.19. The number of hydrogen-bond donors (Lipinski definition) is 1. The lowest BCUT2D eigenvalue weighted by Crippen LogP contribution is -2.34. The molecule has 1 aromatic carbocycles. The molecule has 0 atom stereocenters. The van der Waals surface area contributed by atoms with Gasteiger partial charge in [-0.15, -0.1) is 11.3 Å². The fourth-order valence-electron chi connectivity index (χ4n) is 2.19. The average Bonchev–Trinajstić information content (AvgIpc) is 2.90. The summed E-state index contributed by atoms with van der Waals surface area (Å²) >= 11 is 1.68. The molecule has 102 valence electrons. The van der Waals surface area contributed by atoms with Gasteiger partial charge in [0.1, 0.15) is 5.01 Å². The molecule has 1 heterocycles. The Kier molecular flexibility index (Phi) is 4.07. The Morgan fingerprint density at radius 3 is 2.53 bits per heavy atom. The van der Waals surface area contributed by atoms with E-state index in [2.05, 4.69) is 51.3 Å². The third-order valence-electron chi connectivity index (χ3n) is 3.86. The van der Waals surface area contributed by atoms with Gasteiger partial charge in [-0.05, 0) is 38.3 Å². The largest absolute Gasteiger partial charge is 0.319 e. The molecule has 3 heteroatoms. The summed E-state index contributed by atoms with van der Waals surface area (Å²) in [5.74, 6) is 0.